The van der Waals surface area contributed by atoms with Crippen LogP contribution in [0.25, 0.3) is 0 Å². The summed E-state index contributed by atoms with van der Waals surface area (Å²) in [7, 11) is -3.62. The Morgan fingerprint density at radius 3 is 2.60 bits per heavy atom. The van der Waals surface area contributed by atoms with E-state index >= 15 is 0 Å². The van der Waals surface area contributed by atoms with Crippen molar-refractivity contribution in [3.05, 3.63) is 23.3 Å². The van der Waals surface area contributed by atoms with Crippen LogP contribution in [0.5, 0.6) is 0 Å². The molecule has 0 aromatic heterocycles. The molecule has 2 rings (SSSR count). The minimum absolute atomic E-state index is 0.0455. The fraction of sp³-hybridized carbons (Fsp3) is 0.462. The lowest BCUT2D eigenvalue weighted by Crippen LogP contribution is -2.47. The Bertz CT molecular complexity index is 607. The van der Waals surface area contributed by atoms with Gasteiger partial charge in [-0.2, -0.15) is 0 Å². The Balaban J connectivity index is 2.20. The maximum Gasteiger partial charge on any atom is 0.240 e. The number of nitrogens with two attached hydrogens (primary N) is 1. The van der Waals surface area contributed by atoms with Crippen LogP contribution in [0, 0.1) is 13.8 Å². The second kappa shape index (κ2) is 5.41. The highest BCUT2D eigenvalue weighted by Gasteiger charge is 2.24. The van der Waals surface area contributed by atoms with Crippen molar-refractivity contribution in [3.8, 4) is 0 Å². The van der Waals surface area contributed by atoms with Crippen molar-refractivity contribution in [3.63, 3.8) is 0 Å². The van der Waals surface area contributed by atoms with Crippen molar-refractivity contribution in [1.82, 2.24) is 10.0 Å². The van der Waals surface area contributed by atoms with Crippen LogP contribution in [0.15, 0.2) is 17.0 Å². The maximum atomic E-state index is 12.3. The first-order valence-corrected chi connectivity index (χ1v) is 7.93. The van der Waals surface area contributed by atoms with Crippen LogP contribution < -0.4 is 15.8 Å². The van der Waals surface area contributed by atoms with E-state index in [0.29, 0.717) is 25.1 Å². The number of sulfonamides is 1. The topological polar surface area (TPSA) is 101 Å². The molecule has 1 aromatic carbocycles. The predicted molar refractivity (Wildman–Crippen MR) is 76.7 cm³/mol. The largest absolute Gasteiger partial charge is 0.398 e. The summed E-state index contributed by atoms with van der Waals surface area (Å²) in [5, 5.41) is 2.65. The molecule has 110 valence electrons. The number of anilines is 1. The molecule has 1 aliphatic rings. The number of hydrogen-bond acceptors (Lipinski definition) is 4. The van der Waals surface area contributed by atoms with Crippen LogP contribution in [-0.4, -0.2) is 26.9 Å². The van der Waals surface area contributed by atoms with Crippen LogP contribution in [0.3, 0.4) is 0 Å². The molecule has 0 saturated carbocycles. The highest BCUT2D eigenvalue weighted by molar-refractivity contribution is 7.89. The molecule has 1 saturated heterocycles. The summed E-state index contributed by atoms with van der Waals surface area (Å²) >= 11 is 0. The zero-order chi connectivity index (χ0) is 14.9. The summed E-state index contributed by atoms with van der Waals surface area (Å²) in [6, 6.07) is 2.79. The molecule has 4 N–H and O–H groups in total. The van der Waals surface area contributed by atoms with E-state index in [2.05, 4.69) is 10.0 Å². The monoisotopic (exact) mass is 297 g/mol. The average molecular weight is 297 g/mol. The number of carbonyl (C=O) groups is 1. The molecule has 7 heteroatoms. The van der Waals surface area contributed by atoms with Gasteiger partial charge >= 0.3 is 0 Å². The molecular weight excluding hydrogens is 278 g/mol. The predicted octanol–water partition coefficient (Wildman–Crippen LogP) is 0.443. The molecule has 0 spiro atoms. The molecule has 1 atom stereocenters. The number of nitrogens with one attached hydrogen (secondary N) is 2. The highest BCUT2D eigenvalue weighted by Crippen LogP contribution is 2.22. The molecule has 0 radical (unpaired) electrons. The lowest BCUT2D eigenvalue weighted by molar-refractivity contribution is -0.122. The zero-order valence-corrected chi connectivity index (χ0v) is 12.4. The van der Waals surface area contributed by atoms with Crippen LogP contribution in [0.4, 0.5) is 5.69 Å². The van der Waals surface area contributed by atoms with E-state index in [9.17, 15) is 13.2 Å². The number of hydrogen-bond donors (Lipinski definition) is 3. The summed E-state index contributed by atoms with van der Waals surface area (Å²) in [4.78, 5) is 11.2. The molecule has 1 heterocycles. The molecule has 20 heavy (non-hydrogen) atoms. The van der Waals surface area contributed by atoms with Gasteiger partial charge in [-0.15, -0.1) is 0 Å². The molecule has 1 aliphatic heterocycles. The van der Waals surface area contributed by atoms with Gasteiger partial charge < -0.3 is 11.1 Å². The van der Waals surface area contributed by atoms with Crippen LogP contribution in [0.2, 0.25) is 0 Å². The highest BCUT2D eigenvalue weighted by atomic mass is 32.2. The first-order chi connectivity index (χ1) is 9.29. The number of amides is 1. The van der Waals surface area contributed by atoms with Crippen molar-refractivity contribution < 1.29 is 13.2 Å². The van der Waals surface area contributed by atoms with Crippen LogP contribution in [-0.2, 0) is 14.8 Å². The van der Waals surface area contributed by atoms with Crippen molar-refractivity contribution in [1.29, 1.82) is 0 Å². The van der Waals surface area contributed by atoms with E-state index in [4.69, 9.17) is 5.73 Å². The fourth-order valence-corrected chi connectivity index (χ4v) is 3.52. The Hall–Kier alpha value is -1.60. The number of nitrogen functional groups attached to an aromatic ring is 1. The summed E-state index contributed by atoms with van der Waals surface area (Å²) in [5.74, 6) is -0.0455. The quantitative estimate of drug-likeness (QED) is 0.705. The van der Waals surface area contributed by atoms with Gasteiger partial charge in [-0.25, -0.2) is 13.1 Å². The van der Waals surface area contributed by atoms with Crippen molar-refractivity contribution in [2.24, 2.45) is 0 Å². The molecule has 6 nitrogen and oxygen atoms in total. The van der Waals surface area contributed by atoms with Gasteiger partial charge in [0, 0.05) is 24.7 Å². The number of aryl methyl sites for hydroxylation is 1. The minimum atomic E-state index is -3.62. The van der Waals surface area contributed by atoms with Gasteiger partial charge in [0.2, 0.25) is 15.9 Å². The van der Waals surface area contributed by atoms with Crippen LogP contribution in [0.1, 0.15) is 24.0 Å². The molecule has 0 bridgehead atoms. The second-order valence-corrected chi connectivity index (χ2v) is 6.83. The third-order valence-electron chi connectivity index (χ3n) is 3.58. The third-order valence-corrected chi connectivity index (χ3v) is 5.08. The van der Waals surface area contributed by atoms with Gasteiger partial charge in [-0.3, -0.25) is 4.79 Å². The number of piperidine rings is 1. The van der Waals surface area contributed by atoms with Gasteiger partial charge in [0.15, 0.2) is 0 Å². The second-order valence-electron chi connectivity index (χ2n) is 5.12. The van der Waals surface area contributed by atoms with E-state index in [-0.39, 0.29) is 16.8 Å². The third kappa shape index (κ3) is 3.10. The molecule has 1 aromatic rings. The molecular formula is C13H19N3O3S. The lowest BCUT2D eigenvalue weighted by Gasteiger charge is -2.23. The Morgan fingerprint density at radius 1 is 1.35 bits per heavy atom. The summed E-state index contributed by atoms with van der Waals surface area (Å²) in [5.41, 5.74) is 8.00. The lowest BCUT2D eigenvalue weighted by atomic mass is 10.1. The summed E-state index contributed by atoms with van der Waals surface area (Å²) in [6.45, 7) is 4.00. The zero-order valence-electron chi connectivity index (χ0n) is 11.6. The molecule has 1 amide bonds. The standard InChI is InChI=1S/C13H19N3O3S/c1-8-5-11(6-12(14)9(8)2)20(18,19)16-10-3-4-13(17)15-7-10/h5-6,10,16H,3-4,7,14H2,1-2H3,(H,15,17). The minimum Gasteiger partial charge on any atom is -0.398 e. The SMILES string of the molecule is Cc1cc(S(=O)(=O)NC2CCC(=O)NC2)cc(N)c1C. The fourth-order valence-electron chi connectivity index (χ4n) is 2.13. The van der Waals surface area contributed by atoms with Gasteiger partial charge in [-0.05, 0) is 43.5 Å². The first-order valence-electron chi connectivity index (χ1n) is 6.45. The number of carbonyl (C=O) groups excluding carboxylic acids is 1. The van der Waals surface area contributed by atoms with E-state index in [0.717, 1.165) is 11.1 Å². The Kier molecular flexibility index (Phi) is 4.01. The van der Waals surface area contributed by atoms with Gasteiger partial charge in [0.1, 0.15) is 0 Å². The molecule has 1 unspecified atom stereocenters. The van der Waals surface area contributed by atoms with E-state index in [1.165, 1.54) is 6.07 Å². The molecule has 0 aliphatic carbocycles. The van der Waals surface area contributed by atoms with Gasteiger partial charge in [-0.1, -0.05) is 0 Å². The average Bonchev–Trinajstić information content (AvgIpc) is 2.38. The van der Waals surface area contributed by atoms with Crippen molar-refractivity contribution in [2.75, 3.05) is 12.3 Å². The van der Waals surface area contributed by atoms with Crippen LogP contribution >= 0.6 is 0 Å². The Morgan fingerprint density at radius 2 is 2.05 bits per heavy atom. The Labute approximate surface area is 118 Å². The van der Waals surface area contributed by atoms with E-state index in [1.807, 2.05) is 13.8 Å². The molecule has 1 fully saturated rings. The van der Waals surface area contributed by atoms with Gasteiger partial charge in [0.05, 0.1) is 4.90 Å². The number of rotatable bonds is 3. The van der Waals surface area contributed by atoms with Crippen molar-refractivity contribution in [2.45, 2.75) is 37.6 Å². The number of benzene rings is 1. The summed E-state index contributed by atoms with van der Waals surface area (Å²) < 4.78 is 27.2. The van der Waals surface area contributed by atoms with E-state index in [1.54, 1.807) is 6.07 Å². The smallest absolute Gasteiger partial charge is 0.240 e. The van der Waals surface area contributed by atoms with Crippen molar-refractivity contribution >= 4 is 21.6 Å². The normalized spacial score (nSPS) is 19.7. The van der Waals surface area contributed by atoms with Gasteiger partial charge in [0.25, 0.3) is 0 Å². The summed E-state index contributed by atoms with van der Waals surface area (Å²) in [6.07, 6.45) is 0.841. The maximum absolute atomic E-state index is 12.3. The van der Waals surface area contributed by atoms with E-state index < -0.39 is 10.0 Å². The first kappa shape index (κ1) is 14.8.